The van der Waals surface area contributed by atoms with Gasteiger partial charge in [0.15, 0.2) is 0 Å². The number of aliphatic hydroxyl groups excluding tert-OH is 1. The van der Waals surface area contributed by atoms with Gasteiger partial charge in [0.2, 0.25) is 0 Å². The first-order valence-electron chi connectivity index (χ1n) is 6.24. The standard InChI is InChI=1S/C15H14Cl2N2O2/c16-11-6-10(7-12(17)14(11)18)15(21)19-13(8-20)9-4-2-1-3-5-9/h1-7,13,20H,8,18H2,(H,19,21). The van der Waals surface area contributed by atoms with Crippen LogP contribution in [0.3, 0.4) is 0 Å². The summed E-state index contributed by atoms with van der Waals surface area (Å²) < 4.78 is 0. The molecule has 0 heterocycles. The first kappa shape index (κ1) is 15.6. The van der Waals surface area contributed by atoms with Gasteiger partial charge in [-0.25, -0.2) is 0 Å². The predicted molar refractivity (Wildman–Crippen MR) is 84.6 cm³/mol. The number of aliphatic hydroxyl groups is 1. The lowest BCUT2D eigenvalue weighted by Gasteiger charge is -2.17. The molecular weight excluding hydrogens is 311 g/mol. The minimum Gasteiger partial charge on any atom is -0.396 e. The van der Waals surface area contributed by atoms with Crippen LogP contribution in [0.2, 0.25) is 10.0 Å². The van der Waals surface area contributed by atoms with E-state index in [1.807, 2.05) is 30.3 Å². The maximum Gasteiger partial charge on any atom is 0.251 e. The number of amides is 1. The monoisotopic (exact) mass is 324 g/mol. The van der Waals surface area contributed by atoms with Crippen LogP contribution >= 0.6 is 23.2 Å². The zero-order chi connectivity index (χ0) is 15.4. The third-order valence-corrected chi connectivity index (χ3v) is 3.66. The average Bonchev–Trinajstić information content (AvgIpc) is 2.50. The molecule has 0 saturated carbocycles. The van der Waals surface area contributed by atoms with E-state index in [0.717, 1.165) is 5.56 Å². The lowest BCUT2D eigenvalue weighted by atomic mass is 10.1. The minimum absolute atomic E-state index is 0.216. The van der Waals surface area contributed by atoms with E-state index in [9.17, 15) is 9.90 Å². The summed E-state index contributed by atoms with van der Waals surface area (Å²) in [4.78, 5) is 12.2. The summed E-state index contributed by atoms with van der Waals surface area (Å²) >= 11 is 11.8. The number of rotatable bonds is 4. The molecule has 0 radical (unpaired) electrons. The van der Waals surface area contributed by atoms with Crippen molar-refractivity contribution >= 4 is 34.8 Å². The molecule has 0 aliphatic heterocycles. The predicted octanol–water partition coefficient (Wildman–Crippen LogP) is 3.04. The summed E-state index contributed by atoms with van der Waals surface area (Å²) in [7, 11) is 0. The van der Waals surface area contributed by atoms with Gasteiger partial charge in [-0.05, 0) is 17.7 Å². The molecule has 6 heteroatoms. The zero-order valence-corrected chi connectivity index (χ0v) is 12.5. The minimum atomic E-state index is -0.506. The fourth-order valence-corrected chi connectivity index (χ4v) is 2.36. The van der Waals surface area contributed by atoms with Gasteiger partial charge in [-0.1, -0.05) is 53.5 Å². The first-order chi connectivity index (χ1) is 10.0. The molecule has 1 atom stereocenters. The Morgan fingerprint density at radius 2 is 1.76 bits per heavy atom. The van der Waals surface area contributed by atoms with E-state index in [-0.39, 0.29) is 33.8 Å². The van der Waals surface area contributed by atoms with Crippen molar-refractivity contribution in [2.24, 2.45) is 0 Å². The number of nitrogens with two attached hydrogens (primary N) is 1. The molecule has 2 aromatic rings. The highest BCUT2D eigenvalue weighted by Gasteiger charge is 2.16. The second-order valence-electron chi connectivity index (χ2n) is 4.47. The van der Waals surface area contributed by atoms with Crippen molar-refractivity contribution in [2.45, 2.75) is 6.04 Å². The molecular formula is C15H14Cl2N2O2. The Labute approximate surface area is 132 Å². The van der Waals surface area contributed by atoms with Gasteiger partial charge in [0.05, 0.1) is 28.4 Å². The molecule has 0 bridgehead atoms. The smallest absolute Gasteiger partial charge is 0.251 e. The van der Waals surface area contributed by atoms with Crippen molar-refractivity contribution in [3.05, 3.63) is 63.6 Å². The second-order valence-corrected chi connectivity index (χ2v) is 5.29. The maximum absolute atomic E-state index is 12.2. The fraction of sp³-hybridized carbons (Fsp3) is 0.133. The number of anilines is 1. The molecule has 1 amide bonds. The Morgan fingerprint density at radius 1 is 1.19 bits per heavy atom. The van der Waals surface area contributed by atoms with E-state index in [2.05, 4.69) is 5.32 Å². The summed E-state index contributed by atoms with van der Waals surface area (Å²) in [6.07, 6.45) is 0. The van der Waals surface area contributed by atoms with Crippen LogP contribution in [0.25, 0.3) is 0 Å². The Hall–Kier alpha value is -1.75. The molecule has 0 fully saturated rings. The number of halogens is 2. The first-order valence-corrected chi connectivity index (χ1v) is 6.99. The zero-order valence-electron chi connectivity index (χ0n) is 11.0. The van der Waals surface area contributed by atoms with E-state index in [0.29, 0.717) is 0 Å². The highest BCUT2D eigenvalue weighted by atomic mass is 35.5. The van der Waals surface area contributed by atoms with Crippen molar-refractivity contribution < 1.29 is 9.90 Å². The SMILES string of the molecule is Nc1c(Cl)cc(C(=O)NC(CO)c2ccccc2)cc1Cl. The molecule has 0 spiro atoms. The molecule has 0 saturated heterocycles. The van der Waals surface area contributed by atoms with Crippen LogP contribution in [-0.4, -0.2) is 17.6 Å². The van der Waals surface area contributed by atoms with Crippen LogP contribution in [0.1, 0.15) is 22.0 Å². The van der Waals surface area contributed by atoms with Crippen LogP contribution < -0.4 is 11.1 Å². The quantitative estimate of drug-likeness (QED) is 0.756. The molecule has 1 unspecified atom stereocenters. The lowest BCUT2D eigenvalue weighted by molar-refractivity contribution is 0.0916. The third kappa shape index (κ3) is 3.67. The number of hydrogen-bond donors (Lipinski definition) is 3. The molecule has 0 aliphatic rings. The number of hydrogen-bond acceptors (Lipinski definition) is 3. The van der Waals surface area contributed by atoms with Gasteiger partial charge < -0.3 is 16.2 Å². The van der Waals surface area contributed by atoms with E-state index in [1.54, 1.807) is 0 Å². The number of carbonyl (C=O) groups is 1. The summed E-state index contributed by atoms with van der Waals surface area (Å²) in [5.74, 6) is -0.387. The van der Waals surface area contributed by atoms with Crippen molar-refractivity contribution in [1.29, 1.82) is 0 Å². The topological polar surface area (TPSA) is 75.4 Å². The lowest BCUT2D eigenvalue weighted by Crippen LogP contribution is -2.30. The molecule has 4 nitrogen and oxygen atoms in total. The van der Waals surface area contributed by atoms with Gasteiger partial charge >= 0.3 is 0 Å². The van der Waals surface area contributed by atoms with Crippen LogP contribution in [-0.2, 0) is 0 Å². The molecule has 110 valence electrons. The van der Waals surface area contributed by atoms with Gasteiger partial charge in [0.1, 0.15) is 0 Å². The maximum atomic E-state index is 12.2. The normalized spacial score (nSPS) is 12.0. The number of benzene rings is 2. The van der Waals surface area contributed by atoms with Crippen molar-refractivity contribution in [3.8, 4) is 0 Å². The Bertz CT molecular complexity index is 624. The van der Waals surface area contributed by atoms with Gasteiger partial charge in [-0.3, -0.25) is 4.79 Å². The number of nitrogens with one attached hydrogen (secondary N) is 1. The van der Waals surface area contributed by atoms with Crippen LogP contribution in [0.4, 0.5) is 5.69 Å². The summed E-state index contributed by atoms with van der Waals surface area (Å²) in [5, 5.41) is 12.6. The van der Waals surface area contributed by atoms with E-state index >= 15 is 0 Å². The largest absolute Gasteiger partial charge is 0.396 e. The summed E-state index contributed by atoms with van der Waals surface area (Å²) in [5.41, 5.74) is 6.96. The average molecular weight is 325 g/mol. The van der Waals surface area contributed by atoms with Crippen LogP contribution in [0, 0.1) is 0 Å². The Morgan fingerprint density at radius 3 is 2.29 bits per heavy atom. The van der Waals surface area contributed by atoms with Gasteiger partial charge in [-0.15, -0.1) is 0 Å². The summed E-state index contributed by atoms with van der Waals surface area (Å²) in [6, 6.07) is 11.6. The second kappa shape index (κ2) is 6.80. The highest BCUT2D eigenvalue weighted by Crippen LogP contribution is 2.29. The van der Waals surface area contributed by atoms with Crippen LogP contribution in [0.15, 0.2) is 42.5 Å². The van der Waals surface area contributed by atoms with E-state index < -0.39 is 6.04 Å². The fourth-order valence-electron chi connectivity index (χ4n) is 1.88. The number of nitrogen functional groups attached to an aromatic ring is 1. The van der Waals surface area contributed by atoms with Crippen molar-refractivity contribution in [3.63, 3.8) is 0 Å². The van der Waals surface area contributed by atoms with Crippen LogP contribution in [0.5, 0.6) is 0 Å². The Kier molecular flexibility index (Phi) is 5.07. The molecule has 0 aromatic heterocycles. The molecule has 4 N–H and O–H groups in total. The molecule has 0 aliphatic carbocycles. The molecule has 21 heavy (non-hydrogen) atoms. The van der Waals surface area contributed by atoms with Crippen molar-refractivity contribution in [2.75, 3.05) is 12.3 Å². The summed E-state index contributed by atoms with van der Waals surface area (Å²) in [6.45, 7) is -0.216. The van der Waals surface area contributed by atoms with Gasteiger partial charge in [0, 0.05) is 5.56 Å². The number of carbonyl (C=O) groups excluding carboxylic acids is 1. The molecule has 2 rings (SSSR count). The van der Waals surface area contributed by atoms with Gasteiger partial charge in [0.25, 0.3) is 5.91 Å². The van der Waals surface area contributed by atoms with E-state index in [4.69, 9.17) is 28.9 Å². The Balaban J connectivity index is 2.21. The highest BCUT2D eigenvalue weighted by molar-refractivity contribution is 6.39. The van der Waals surface area contributed by atoms with Gasteiger partial charge in [-0.2, -0.15) is 0 Å². The van der Waals surface area contributed by atoms with E-state index in [1.165, 1.54) is 12.1 Å². The molecule has 2 aromatic carbocycles. The van der Waals surface area contributed by atoms with Crippen molar-refractivity contribution in [1.82, 2.24) is 5.32 Å². The third-order valence-electron chi connectivity index (χ3n) is 3.03.